The Bertz CT molecular complexity index is 193. The Labute approximate surface area is 53.4 Å². The van der Waals surface area contributed by atoms with Gasteiger partial charge in [-0.15, -0.1) is 13.2 Å². The second kappa shape index (κ2) is 2.20. The maximum atomic E-state index is 11.3. The summed E-state index contributed by atoms with van der Waals surface area (Å²) in [4.78, 5) is 3.09. The molecular formula is C4HF3NO2. The molecule has 55 valence electrons. The van der Waals surface area contributed by atoms with Gasteiger partial charge in [-0.1, -0.05) is 0 Å². The van der Waals surface area contributed by atoms with E-state index in [-0.39, 0.29) is 0 Å². The lowest BCUT2D eigenvalue weighted by atomic mass is 10.9. The molecule has 3 nitrogen and oxygen atoms in total. The van der Waals surface area contributed by atoms with Crippen molar-refractivity contribution >= 4 is 0 Å². The number of halogens is 3. The number of aromatic nitrogens is 1. The molecule has 1 radical (unpaired) electrons. The van der Waals surface area contributed by atoms with Crippen LogP contribution in [0, 0.1) is 6.20 Å². The van der Waals surface area contributed by atoms with Gasteiger partial charge >= 0.3 is 12.3 Å². The maximum absolute atomic E-state index is 11.3. The highest BCUT2D eigenvalue weighted by molar-refractivity contribution is 4.92. The van der Waals surface area contributed by atoms with E-state index in [1.165, 1.54) is 0 Å². The van der Waals surface area contributed by atoms with Crippen molar-refractivity contribution < 1.29 is 22.3 Å². The molecular weight excluding hydrogens is 151 g/mol. The van der Waals surface area contributed by atoms with Crippen LogP contribution >= 0.6 is 0 Å². The van der Waals surface area contributed by atoms with Crippen LogP contribution in [0.25, 0.3) is 0 Å². The third-order valence-electron chi connectivity index (χ3n) is 0.577. The molecule has 0 unspecified atom stereocenters. The average molecular weight is 152 g/mol. The SMILES string of the molecule is FC(F)(F)Oc1[c]nco1. The normalized spacial score (nSPS) is 11.5. The zero-order chi connectivity index (χ0) is 7.61. The first kappa shape index (κ1) is 6.91. The Morgan fingerprint density at radius 2 is 2.30 bits per heavy atom. The number of oxazole rings is 1. The fourth-order valence-electron chi connectivity index (χ4n) is 0.332. The van der Waals surface area contributed by atoms with Crippen molar-refractivity contribution in [1.29, 1.82) is 0 Å². The summed E-state index contributed by atoms with van der Waals surface area (Å²) in [6.07, 6.45) is -2.11. The van der Waals surface area contributed by atoms with Crippen molar-refractivity contribution in [2.45, 2.75) is 6.36 Å². The molecule has 6 heteroatoms. The second-order valence-electron chi connectivity index (χ2n) is 1.30. The molecule has 1 heterocycles. The van der Waals surface area contributed by atoms with E-state index in [0.29, 0.717) is 0 Å². The summed E-state index contributed by atoms with van der Waals surface area (Å²) in [7, 11) is 0. The van der Waals surface area contributed by atoms with Crippen molar-refractivity contribution in [3.05, 3.63) is 12.6 Å². The fourth-order valence-corrected chi connectivity index (χ4v) is 0.332. The lowest BCUT2D eigenvalue weighted by Gasteiger charge is -2.02. The quantitative estimate of drug-likeness (QED) is 0.609. The molecule has 0 N–H and O–H groups in total. The first-order chi connectivity index (χ1) is 4.58. The Hall–Kier alpha value is -1.20. The lowest BCUT2D eigenvalue weighted by Crippen LogP contribution is -2.16. The predicted octanol–water partition coefficient (Wildman–Crippen LogP) is 1.37. The van der Waals surface area contributed by atoms with Gasteiger partial charge in [-0.25, -0.2) is 4.98 Å². The van der Waals surface area contributed by atoms with Crippen molar-refractivity contribution in [2.75, 3.05) is 0 Å². The summed E-state index contributed by atoms with van der Waals surface area (Å²) in [5.74, 6) is -0.785. The molecule has 10 heavy (non-hydrogen) atoms. The largest absolute Gasteiger partial charge is 0.575 e. The van der Waals surface area contributed by atoms with Crippen molar-refractivity contribution in [1.82, 2.24) is 4.98 Å². The summed E-state index contributed by atoms with van der Waals surface area (Å²) in [5.41, 5.74) is 0. The van der Waals surface area contributed by atoms with Gasteiger partial charge in [0, 0.05) is 0 Å². The molecule has 0 amide bonds. The zero-order valence-electron chi connectivity index (χ0n) is 4.47. The molecule has 1 aromatic heterocycles. The summed E-state index contributed by atoms with van der Waals surface area (Å²) in [6.45, 7) is 0. The number of ether oxygens (including phenoxy) is 1. The molecule has 0 aromatic carbocycles. The number of rotatable bonds is 1. The topological polar surface area (TPSA) is 35.3 Å². The van der Waals surface area contributed by atoms with Gasteiger partial charge in [0.25, 0.3) is 0 Å². The molecule has 0 aliphatic heterocycles. The van der Waals surface area contributed by atoms with Crippen LogP contribution < -0.4 is 4.74 Å². The van der Waals surface area contributed by atoms with E-state index >= 15 is 0 Å². The van der Waals surface area contributed by atoms with Crippen LogP contribution in [0.1, 0.15) is 0 Å². The minimum absolute atomic E-state index is 0.785. The molecule has 0 aliphatic rings. The van der Waals surface area contributed by atoms with Gasteiger partial charge in [0.05, 0.1) is 0 Å². The highest BCUT2D eigenvalue weighted by Crippen LogP contribution is 2.20. The highest BCUT2D eigenvalue weighted by Gasteiger charge is 2.32. The van der Waals surface area contributed by atoms with Crippen LogP contribution in [0.3, 0.4) is 0 Å². The molecule has 0 atom stereocenters. The Morgan fingerprint density at radius 1 is 1.60 bits per heavy atom. The molecule has 0 saturated heterocycles. The molecule has 0 spiro atoms. The van der Waals surface area contributed by atoms with Gasteiger partial charge in [0.1, 0.15) is 0 Å². The lowest BCUT2D eigenvalue weighted by molar-refractivity contribution is -0.280. The number of nitrogens with zero attached hydrogens (tertiary/aromatic N) is 1. The van der Waals surface area contributed by atoms with Crippen molar-refractivity contribution in [3.63, 3.8) is 0 Å². The molecule has 0 aliphatic carbocycles. The van der Waals surface area contributed by atoms with Crippen molar-refractivity contribution in [2.24, 2.45) is 0 Å². The highest BCUT2D eigenvalue weighted by atomic mass is 19.4. The Morgan fingerprint density at radius 3 is 2.70 bits per heavy atom. The average Bonchev–Trinajstić information content (AvgIpc) is 2.12. The predicted molar refractivity (Wildman–Crippen MR) is 22.0 cm³/mol. The molecule has 0 bridgehead atoms. The molecule has 1 aromatic rings. The van der Waals surface area contributed by atoms with Crippen LogP contribution in [0.15, 0.2) is 10.8 Å². The van der Waals surface area contributed by atoms with Gasteiger partial charge in [-0.3, -0.25) is 0 Å². The summed E-state index contributed by atoms with van der Waals surface area (Å²) < 4.78 is 41.2. The third-order valence-corrected chi connectivity index (χ3v) is 0.577. The van der Waals surface area contributed by atoms with Gasteiger partial charge in [0.15, 0.2) is 12.6 Å². The van der Waals surface area contributed by atoms with Crippen LogP contribution in [-0.4, -0.2) is 11.3 Å². The van der Waals surface area contributed by atoms with Crippen molar-refractivity contribution in [3.8, 4) is 5.95 Å². The van der Waals surface area contributed by atoms with E-state index < -0.39 is 12.3 Å². The van der Waals surface area contributed by atoms with Crippen LogP contribution in [0.2, 0.25) is 0 Å². The zero-order valence-corrected chi connectivity index (χ0v) is 4.47. The molecule has 0 saturated carbocycles. The van der Waals surface area contributed by atoms with E-state index in [9.17, 15) is 13.2 Å². The van der Waals surface area contributed by atoms with E-state index in [1.54, 1.807) is 0 Å². The minimum atomic E-state index is -4.74. The monoisotopic (exact) mass is 152 g/mol. The Balaban J connectivity index is 2.57. The second-order valence-corrected chi connectivity index (χ2v) is 1.30. The van der Waals surface area contributed by atoms with Gasteiger partial charge in [0.2, 0.25) is 0 Å². The van der Waals surface area contributed by atoms with E-state index in [2.05, 4.69) is 14.1 Å². The minimum Gasteiger partial charge on any atom is -0.412 e. The van der Waals surface area contributed by atoms with Crippen LogP contribution in [-0.2, 0) is 0 Å². The van der Waals surface area contributed by atoms with Gasteiger partial charge in [-0.05, 0) is 0 Å². The maximum Gasteiger partial charge on any atom is 0.575 e. The summed E-state index contributed by atoms with van der Waals surface area (Å²) in [6, 6.07) is 0. The first-order valence-corrected chi connectivity index (χ1v) is 2.15. The van der Waals surface area contributed by atoms with E-state index in [4.69, 9.17) is 0 Å². The van der Waals surface area contributed by atoms with Crippen LogP contribution in [0.4, 0.5) is 13.2 Å². The number of hydrogen-bond donors (Lipinski definition) is 0. The molecule has 0 fully saturated rings. The number of hydrogen-bond acceptors (Lipinski definition) is 3. The van der Waals surface area contributed by atoms with E-state index in [1.807, 2.05) is 6.20 Å². The molecule has 1 rings (SSSR count). The standard InChI is InChI=1S/C4HF3NO2/c5-4(6,7)10-3-1-8-2-9-3/h2H. The van der Waals surface area contributed by atoms with Gasteiger partial charge in [-0.2, -0.15) is 0 Å². The van der Waals surface area contributed by atoms with Crippen LogP contribution in [0.5, 0.6) is 5.95 Å². The third kappa shape index (κ3) is 1.96. The Kier molecular flexibility index (Phi) is 1.52. The fraction of sp³-hybridized carbons (Fsp3) is 0.250. The summed E-state index contributed by atoms with van der Waals surface area (Å²) in [5, 5.41) is 0. The van der Waals surface area contributed by atoms with Gasteiger partial charge < -0.3 is 9.15 Å². The summed E-state index contributed by atoms with van der Waals surface area (Å²) >= 11 is 0. The number of alkyl halides is 3. The first-order valence-electron chi connectivity index (χ1n) is 2.15. The van der Waals surface area contributed by atoms with E-state index in [0.717, 1.165) is 6.39 Å². The smallest absolute Gasteiger partial charge is 0.412 e.